The van der Waals surface area contributed by atoms with Crippen LogP contribution in [0.1, 0.15) is 35.2 Å². The lowest BCUT2D eigenvalue weighted by atomic mass is 10.2. The summed E-state index contributed by atoms with van der Waals surface area (Å²) >= 11 is 0. The molecule has 0 aromatic carbocycles. The Morgan fingerprint density at radius 1 is 1.50 bits per heavy atom. The zero-order valence-corrected chi connectivity index (χ0v) is 11.0. The summed E-state index contributed by atoms with van der Waals surface area (Å²) in [4.78, 5) is 18.2. The number of amides is 1. The fourth-order valence-corrected chi connectivity index (χ4v) is 1.94. The van der Waals surface area contributed by atoms with Gasteiger partial charge in [0, 0.05) is 30.5 Å². The van der Waals surface area contributed by atoms with E-state index >= 15 is 0 Å². The first-order valence-corrected chi connectivity index (χ1v) is 6.49. The molecular formula is C15H15N3O2. The lowest BCUT2D eigenvalue weighted by Gasteiger charge is -2.21. The van der Waals surface area contributed by atoms with Gasteiger partial charge >= 0.3 is 0 Å². The van der Waals surface area contributed by atoms with Gasteiger partial charge in [0.25, 0.3) is 5.91 Å². The van der Waals surface area contributed by atoms with Crippen molar-refractivity contribution < 1.29 is 9.90 Å². The average Bonchev–Trinajstić information content (AvgIpc) is 3.30. The normalized spacial score (nSPS) is 13.0. The van der Waals surface area contributed by atoms with E-state index in [-0.39, 0.29) is 18.6 Å². The van der Waals surface area contributed by atoms with Gasteiger partial charge in [-0.15, -0.1) is 0 Å². The van der Waals surface area contributed by atoms with E-state index < -0.39 is 0 Å². The van der Waals surface area contributed by atoms with Gasteiger partial charge in [0.1, 0.15) is 6.61 Å². The highest BCUT2D eigenvalue weighted by atomic mass is 16.2. The summed E-state index contributed by atoms with van der Waals surface area (Å²) in [5, 5.41) is 17.3. The highest BCUT2D eigenvalue weighted by molar-refractivity contribution is 5.94. The van der Waals surface area contributed by atoms with Crippen LogP contribution in [0.25, 0.3) is 0 Å². The zero-order valence-electron chi connectivity index (χ0n) is 11.0. The number of nitriles is 1. The molecule has 1 aromatic heterocycles. The van der Waals surface area contributed by atoms with Crippen LogP contribution in [-0.4, -0.2) is 40.1 Å². The largest absolute Gasteiger partial charge is 0.384 e. The number of aliphatic hydroxyl groups is 1. The molecule has 0 spiro atoms. The van der Waals surface area contributed by atoms with Crippen LogP contribution in [0.2, 0.25) is 0 Å². The second-order valence-electron chi connectivity index (χ2n) is 4.56. The average molecular weight is 269 g/mol. The van der Waals surface area contributed by atoms with Crippen molar-refractivity contribution >= 4 is 5.91 Å². The minimum atomic E-state index is -0.228. The number of carbonyl (C=O) groups is 1. The molecule has 1 heterocycles. The summed E-state index contributed by atoms with van der Waals surface area (Å²) < 4.78 is 0. The van der Waals surface area contributed by atoms with E-state index in [2.05, 4.69) is 22.9 Å². The van der Waals surface area contributed by atoms with Crippen LogP contribution in [0.3, 0.4) is 0 Å². The predicted octanol–water partition coefficient (Wildman–Crippen LogP) is 0.944. The van der Waals surface area contributed by atoms with Gasteiger partial charge in [0.2, 0.25) is 0 Å². The van der Waals surface area contributed by atoms with Crippen molar-refractivity contribution in [2.24, 2.45) is 0 Å². The zero-order chi connectivity index (χ0) is 14.4. The number of carbonyl (C=O) groups excluding carboxylic acids is 1. The minimum Gasteiger partial charge on any atom is -0.384 e. The Morgan fingerprint density at radius 2 is 2.30 bits per heavy atom. The number of hydrogen-bond acceptors (Lipinski definition) is 4. The molecule has 1 N–H and O–H groups in total. The topological polar surface area (TPSA) is 77.2 Å². The van der Waals surface area contributed by atoms with Crippen molar-refractivity contribution in [3.63, 3.8) is 0 Å². The Morgan fingerprint density at radius 3 is 2.95 bits per heavy atom. The van der Waals surface area contributed by atoms with Gasteiger partial charge in [-0.05, 0) is 18.9 Å². The van der Waals surface area contributed by atoms with Crippen LogP contribution in [0.5, 0.6) is 0 Å². The van der Waals surface area contributed by atoms with Gasteiger partial charge in [0.15, 0.2) is 0 Å². The molecule has 2 rings (SSSR count). The van der Waals surface area contributed by atoms with Crippen LogP contribution in [0, 0.1) is 23.2 Å². The predicted molar refractivity (Wildman–Crippen MR) is 72.5 cm³/mol. The third-order valence-electron chi connectivity index (χ3n) is 3.01. The van der Waals surface area contributed by atoms with Crippen molar-refractivity contribution in [3.05, 3.63) is 29.6 Å². The quantitative estimate of drug-likeness (QED) is 0.825. The number of rotatable bonds is 4. The molecule has 0 aliphatic heterocycles. The summed E-state index contributed by atoms with van der Waals surface area (Å²) in [6, 6.07) is 3.99. The molecule has 1 saturated carbocycles. The Kier molecular flexibility index (Phi) is 4.70. The van der Waals surface area contributed by atoms with E-state index in [0.29, 0.717) is 24.1 Å². The molecule has 0 atom stereocenters. The highest BCUT2D eigenvalue weighted by Crippen LogP contribution is 2.28. The van der Waals surface area contributed by atoms with Crippen LogP contribution >= 0.6 is 0 Å². The molecule has 1 aromatic rings. The first-order chi connectivity index (χ1) is 9.76. The van der Waals surface area contributed by atoms with Gasteiger partial charge in [0.05, 0.1) is 18.1 Å². The first kappa shape index (κ1) is 14.0. The lowest BCUT2D eigenvalue weighted by molar-refractivity contribution is 0.0746. The van der Waals surface area contributed by atoms with E-state index in [4.69, 9.17) is 10.4 Å². The maximum Gasteiger partial charge on any atom is 0.255 e. The monoisotopic (exact) mass is 269 g/mol. The third-order valence-corrected chi connectivity index (χ3v) is 3.01. The molecule has 0 saturated heterocycles. The summed E-state index contributed by atoms with van der Waals surface area (Å²) in [5.41, 5.74) is 1.07. The first-order valence-electron chi connectivity index (χ1n) is 6.49. The molecule has 1 aliphatic rings. The molecule has 1 amide bonds. The Balaban J connectivity index is 2.16. The summed E-state index contributed by atoms with van der Waals surface area (Å²) in [6.07, 6.45) is 5.38. The van der Waals surface area contributed by atoms with Crippen LogP contribution in [0.4, 0.5) is 0 Å². The van der Waals surface area contributed by atoms with E-state index in [1.54, 1.807) is 17.2 Å². The van der Waals surface area contributed by atoms with Crippen molar-refractivity contribution in [1.29, 1.82) is 5.26 Å². The van der Waals surface area contributed by atoms with E-state index in [1.165, 1.54) is 6.20 Å². The van der Waals surface area contributed by atoms with Gasteiger partial charge in [-0.3, -0.25) is 9.78 Å². The summed E-state index contributed by atoms with van der Waals surface area (Å²) in [7, 11) is 0. The maximum absolute atomic E-state index is 12.4. The SMILES string of the molecule is N#CCCN(C(=O)c1cncc(C#CCO)c1)C1CC1. The van der Waals surface area contributed by atoms with Crippen LogP contribution in [0.15, 0.2) is 18.5 Å². The number of aliphatic hydroxyl groups excluding tert-OH is 1. The highest BCUT2D eigenvalue weighted by Gasteiger charge is 2.32. The lowest BCUT2D eigenvalue weighted by Crippen LogP contribution is -2.34. The Bertz CT molecular complexity index is 591. The Labute approximate surface area is 117 Å². The van der Waals surface area contributed by atoms with Crippen LogP contribution in [-0.2, 0) is 0 Å². The minimum absolute atomic E-state index is 0.108. The molecule has 5 heteroatoms. The van der Waals surface area contributed by atoms with Crippen molar-refractivity contribution in [1.82, 2.24) is 9.88 Å². The fourth-order valence-electron chi connectivity index (χ4n) is 1.94. The fraction of sp³-hybridized carbons (Fsp3) is 0.400. The Hall–Kier alpha value is -2.37. The number of aromatic nitrogens is 1. The van der Waals surface area contributed by atoms with Gasteiger partial charge in [-0.1, -0.05) is 11.8 Å². The maximum atomic E-state index is 12.4. The van der Waals surface area contributed by atoms with Gasteiger partial charge in [-0.25, -0.2) is 0 Å². The molecule has 5 nitrogen and oxygen atoms in total. The number of pyridine rings is 1. The van der Waals surface area contributed by atoms with Crippen molar-refractivity contribution in [2.75, 3.05) is 13.2 Å². The second-order valence-corrected chi connectivity index (χ2v) is 4.56. The van der Waals surface area contributed by atoms with E-state index in [1.807, 2.05) is 0 Å². The standard InChI is InChI=1S/C15H15N3O2/c16-6-2-7-18(14-4-5-14)15(20)13-9-12(3-1-8-19)10-17-11-13/h9-11,14,19H,2,4-5,7-8H2. The number of nitrogens with zero attached hydrogens (tertiary/aromatic N) is 3. The van der Waals surface area contributed by atoms with Crippen LogP contribution < -0.4 is 0 Å². The van der Waals surface area contributed by atoms with E-state index in [0.717, 1.165) is 12.8 Å². The second kappa shape index (κ2) is 6.70. The molecule has 0 radical (unpaired) electrons. The summed E-state index contributed by atoms with van der Waals surface area (Å²) in [6.45, 7) is 0.223. The molecule has 0 bridgehead atoms. The number of hydrogen-bond donors (Lipinski definition) is 1. The molecule has 1 fully saturated rings. The molecule has 102 valence electrons. The third kappa shape index (κ3) is 3.57. The van der Waals surface area contributed by atoms with Crippen molar-refractivity contribution in [2.45, 2.75) is 25.3 Å². The molecule has 1 aliphatic carbocycles. The molecular weight excluding hydrogens is 254 g/mol. The summed E-state index contributed by atoms with van der Waals surface area (Å²) in [5.74, 6) is 5.15. The molecule has 20 heavy (non-hydrogen) atoms. The van der Waals surface area contributed by atoms with Gasteiger partial charge < -0.3 is 10.0 Å². The molecule has 0 unspecified atom stereocenters. The van der Waals surface area contributed by atoms with E-state index in [9.17, 15) is 4.79 Å². The smallest absolute Gasteiger partial charge is 0.255 e. The van der Waals surface area contributed by atoms with Gasteiger partial charge in [-0.2, -0.15) is 5.26 Å². The van der Waals surface area contributed by atoms with Crippen molar-refractivity contribution in [3.8, 4) is 17.9 Å².